The molecule has 1 heterocycles. The second kappa shape index (κ2) is 8.42. The Morgan fingerprint density at radius 2 is 1.80 bits per heavy atom. The van der Waals surface area contributed by atoms with Crippen LogP contribution in [0.3, 0.4) is 0 Å². The molecule has 3 rings (SSSR count). The minimum absolute atomic E-state index is 0.0582. The Morgan fingerprint density at radius 1 is 1.17 bits per heavy atom. The highest BCUT2D eigenvalue weighted by Crippen LogP contribution is 2.59. The number of likely N-dealkylation sites (tertiary alicyclic amines) is 1. The van der Waals surface area contributed by atoms with Gasteiger partial charge in [0.25, 0.3) is 0 Å². The maximum Gasteiger partial charge on any atom is 0.410 e. The number of amides is 2. The number of nitrogens with zero attached hydrogens (tertiary/aromatic N) is 2. The van der Waals surface area contributed by atoms with Gasteiger partial charge < -0.3 is 19.9 Å². The molecule has 2 amide bonds. The summed E-state index contributed by atoms with van der Waals surface area (Å²) in [6.07, 6.45) is 5.18. The third kappa shape index (κ3) is 5.22. The van der Waals surface area contributed by atoms with E-state index in [1.54, 1.807) is 11.0 Å². The average molecular weight is 414 g/mol. The van der Waals surface area contributed by atoms with Gasteiger partial charge >= 0.3 is 6.09 Å². The van der Waals surface area contributed by atoms with Gasteiger partial charge in [-0.25, -0.2) is 4.79 Å². The van der Waals surface area contributed by atoms with Crippen molar-refractivity contribution < 1.29 is 14.3 Å². The molecule has 30 heavy (non-hydrogen) atoms. The summed E-state index contributed by atoms with van der Waals surface area (Å²) in [5, 5.41) is 3.10. The number of ether oxygens (including phenoxy) is 1. The zero-order valence-corrected chi connectivity index (χ0v) is 18.9. The van der Waals surface area contributed by atoms with Crippen molar-refractivity contribution in [1.82, 2.24) is 15.1 Å². The van der Waals surface area contributed by atoms with E-state index in [-0.39, 0.29) is 22.8 Å². The van der Waals surface area contributed by atoms with Crippen molar-refractivity contribution in [3.8, 4) is 0 Å². The van der Waals surface area contributed by atoms with Gasteiger partial charge in [-0.05, 0) is 53.3 Å². The number of likely N-dealkylation sites (N-methyl/N-ethyl adjacent to an activating group) is 1. The van der Waals surface area contributed by atoms with Crippen molar-refractivity contribution in [1.29, 1.82) is 0 Å². The van der Waals surface area contributed by atoms with Crippen molar-refractivity contribution in [2.75, 3.05) is 40.3 Å². The predicted octanol–water partition coefficient (Wildman–Crippen LogP) is 3.19. The van der Waals surface area contributed by atoms with Gasteiger partial charge in [0.15, 0.2) is 0 Å². The Balaban J connectivity index is 1.60. The lowest BCUT2D eigenvalue weighted by molar-refractivity contribution is -0.121. The van der Waals surface area contributed by atoms with E-state index in [2.05, 4.69) is 29.6 Å². The van der Waals surface area contributed by atoms with Crippen LogP contribution >= 0.6 is 0 Å². The Morgan fingerprint density at radius 3 is 2.37 bits per heavy atom. The molecular formula is C24H35N3O3. The fourth-order valence-electron chi connectivity index (χ4n) is 4.74. The fourth-order valence-corrected chi connectivity index (χ4v) is 4.74. The lowest BCUT2D eigenvalue weighted by Gasteiger charge is -2.64. The van der Waals surface area contributed by atoms with Crippen molar-refractivity contribution >= 4 is 12.0 Å². The highest BCUT2D eigenvalue weighted by Gasteiger charge is 2.61. The SMILES string of the molecule is CN(C)C/C=C/C(=O)NCC1(c2ccccc2)CC2(CN(C(=O)OC(C)(C)C)C2)C1. The van der Waals surface area contributed by atoms with Crippen LogP contribution in [0.5, 0.6) is 0 Å². The standard InChI is InChI=1S/C24H35N3O3/c1-22(2,3)30-21(29)27-17-23(18-27)14-24(15-23,19-10-7-6-8-11-19)16-25-20(28)12-9-13-26(4)5/h6-12H,13-18H2,1-5H3,(H,25,28)/b12-9+. The summed E-state index contributed by atoms with van der Waals surface area (Å²) in [6.45, 7) is 8.47. The Hall–Kier alpha value is -2.34. The average Bonchev–Trinajstić information content (AvgIpc) is 2.58. The van der Waals surface area contributed by atoms with E-state index in [1.165, 1.54) is 5.56 Å². The first-order chi connectivity index (χ1) is 14.0. The van der Waals surface area contributed by atoms with Crippen LogP contribution in [0.25, 0.3) is 0 Å². The number of carbonyl (C=O) groups is 2. The summed E-state index contributed by atoms with van der Waals surface area (Å²) >= 11 is 0. The molecule has 0 atom stereocenters. The summed E-state index contributed by atoms with van der Waals surface area (Å²) in [6, 6.07) is 10.4. The largest absolute Gasteiger partial charge is 0.444 e. The van der Waals surface area contributed by atoms with Crippen LogP contribution in [0, 0.1) is 5.41 Å². The molecule has 0 aromatic heterocycles. The Labute approximate surface area is 180 Å². The molecule has 0 unspecified atom stereocenters. The zero-order chi connectivity index (χ0) is 22.0. The quantitative estimate of drug-likeness (QED) is 0.728. The highest BCUT2D eigenvalue weighted by molar-refractivity contribution is 5.87. The molecule has 1 N–H and O–H groups in total. The summed E-state index contributed by atoms with van der Waals surface area (Å²) < 4.78 is 5.49. The van der Waals surface area contributed by atoms with Crippen molar-refractivity contribution in [2.45, 2.75) is 44.6 Å². The molecule has 0 radical (unpaired) electrons. The van der Waals surface area contributed by atoms with Crippen molar-refractivity contribution in [3.05, 3.63) is 48.0 Å². The van der Waals surface area contributed by atoms with Gasteiger partial charge in [-0.2, -0.15) is 0 Å². The van der Waals surface area contributed by atoms with Gasteiger partial charge in [0.2, 0.25) is 5.91 Å². The molecule has 1 aromatic carbocycles. The van der Waals surface area contributed by atoms with Gasteiger partial charge in [-0.15, -0.1) is 0 Å². The minimum atomic E-state index is -0.475. The summed E-state index contributed by atoms with van der Waals surface area (Å²) in [4.78, 5) is 28.4. The smallest absolute Gasteiger partial charge is 0.410 e. The van der Waals surface area contributed by atoms with Crippen LogP contribution in [0.15, 0.2) is 42.5 Å². The first-order valence-corrected chi connectivity index (χ1v) is 10.7. The number of benzene rings is 1. The topological polar surface area (TPSA) is 61.9 Å². The lowest BCUT2D eigenvalue weighted by Crippen LogP contribution is -2.69. The maximum atomic E-state index is 12.3. The van der Waals surface area contributed by atoms with Gasteiger partial charge in [0, 0.05) is 43.1 Å². The minimum Gasteiger partial charge on any atom is -0.444 e. The van der Waals surface area contributed by atoms with Crippen LogP contribution < -0.4 is 5.32 Å². The number of nitrogens with one attached hydrogen (secondary N) is 1. The van der Waals surface area contributed by atoms with E-state index in [4.69, 9.17) is 4.74 Å². The van der Waals surface area contributed by atoms with Gasteiger partial charge in [-0.3, -0.25) is 4.79 Å². The molecule has 1 aliphatic carbocycles. The van der Waals surface area contributed by atoms with Crippen molar-refractivity contribution in [2.24, 2.45) is 5.41 Å². The molecule has 1 saturated heterocycles. The van der Waals surface area contributed by atoms with Gasteiger partial charge in [0.05, 0.1) is 0 Å². The van der Waals surface area contributed by atoms with E-state index in [9.17, 15) is 9.59 Å². The number of carbonyl (C=O) groups excluding carboxylic acids is 2. The predicted molar refractivity (Wildman–Crippen MR) is 118 cm³/mol. The van der Waals surface area contributed by atoms with Crippen LogP contribution in [0.1, 0.15) is 39.2 Å². The molecule has 164 valence electrons. The molecule has 0 bridgehead atoms. The molecule has 1 saturated carbocycles. The summed E-state index contributed by atoms with van der Waals surface area (Å²) in [5.74, 6) is -0.0582. The van der Waals surface area contributed by atoms with E-state index in [0.29, 0.717) is 6.54 Å². The van der Waals surface area contributed by atoms with Crippen LogP contribution in [0.4, 0.5) is 4.79 Å². The van der Waals surface area contributed by atoms with Crippen LogP contribution in [-0.2, 0) is 14.9 Å². The Bertz CT molecular complexity index is 782. The fraction of sp³-hybridized carbons (Fsp3) is 0.583. The van der Waals surface area contributed by atoms with Gasteiger partial charge in [0.1, 0.15) is 5.60 Å². The molecule has 2 aliphatic rings. The highest BCUT2D eigenvalue weighted by atomic mass is 16.6. The second-order valence-electron chi connectivity index (χ2n) is 10.2. The Kier molecular flexibility index (Phi) is 6.27. The van der Waals surface area contributed by atoms with E-state index in [1.807, 2.05) is 51.9 Å². The maximum absolute atomic E-state index is 12.3. The first kappa shape index (κ1) is 22.3. The molecule has 6 heteroatoms. The molecular weight excluding hydrogens is 378 g/mol. The van der Waals surface area contributed by atoms with Crippen molar-refractivity contribution in [3.63, 3.8) is 0 Å². The molecule has 6 nitrogen and oxygen atoms in total. The second-order valence-corrected chi connectivity index (χ2v) is 10.2. The zero-order valence-electron chi connectivity index (χ0n) is 18.9. The molecule has 1 aliphatic heterocycles. The first-order valence-electron chi connectivity index (χ1n) is 10.7. The molecule has 1 aromatic rings. The number of rotatable bonds is 6. The number of hydrogen-bond donors (Lipinski definition) is 1. The van der Waals surface area contributed by atoms with Crippen LogP contribution in [-0.4, -0.2) is 67.7 Å². The van der Waals surface area contributed by atoms with E-state index in [0.717, 1.165) is 32.5 Å². The third-order valence-corrected chi connectivity index (χ3v) is 5.86. The van der Waals surface area contributed by atoms with E-state index >= 15 is 0 Å². The van der Waals surface area contributed by atoms with Crippen LogP contribution in [0.2, 0.25) is 0 Å². The monoisotopic (exact) mass is 413 g/mol. The lowest BCUT2D eigenvalue weighted by atomic mass is 9.47. The molecule has 1 spiro atoms. The normalized spacial score (nSPS) is 19.5. The summed E-state index contributed by atoms with van der Waals surface area (Å²) in [5.41, 5.74) is 0.839. The summed E-state index contributed by atoms with van der Waals surface area (Å²) in [7, 11) is 3.94. The van der Waals surface area contributed by atoms with E-state index < -0.39 is 5.60 Å². The van der Waals surface area contributed by atoms with Gasteiger partial charge in [-0.1, -0.05) is 36.4 Å². The third-order valence-electron chi connectivity index (χ3n) is 5.86. The number of hydrogen-bond acceptors (Lipinski definition) is 4. The molecule has 2 fully saturated rings.